The number of nitrogens with zero attached hydrogens (tertiary/aromatic N) is 3. The molecule has 4 rings (SSSR count). The molecule has 25 heavy (non-hydrogen) atoms. The number of halogens is 1. The third-order valence-corrected chi connectivity index (χ3v) is 4.81. The SMILES string of the molecule is CC(c1ccc(-c2cnn(C)c2)cc1F)N1Cc2ccccc2C1=O. The molecule has 1 aliphatic heterocycles. The van der Waals surface area contributed by atoms with Crippen LogP contribution in [-0.4, -0.2) is 20.6 Å². The molecule has 0 N–H and O–H groups in total. The third kappa shape index (κ3) is 2.61. The largest absolute Gasteiger partial charge is 0.327 e. The number of hydrogen-bond acceptors (Lipinski definition) is 2. The van der Waals surface area contributed by atoms with Crippen molar-refractivity contribution >= 4 is 5.91 Å². The Morgan fingerprint density at radius 3 is 2.64 bits per heavy atom. The van der Waals surface area contributed by atoms with Crippen molar-refractivity contribution in [2.45, 2.75) is 19.5 Å². The predicted octanol–water partition coefficient (Wildman–Crippen LogP) is 3.94. The van der Waals surface area contributed by atoms with Gasteiger partial charge in [0.2, 0.25) is 0 Å². The standard InChI is InChI=1S/C20H18FN3O/c1-13(24-12-15-5-3-4-6-18(15)20(24)25)17-8-7-14(9-19(17)21)16-10-22-23(2)11-16/h3-11,13H,12H2,1-2H3. The van der Waals surface area contributed by atoms with Crippen LogP contribution in [0.5, 0.6) is 0 Å². The van der Waals surface area contributed by atoms with Gasteiger partial charge in [-0.1, -0.05) is 30.3 Å². The lowest BCUT2D eigenvalue weighted by Crippen LogP contribution is -2.27. The lowest BCUT2D eigenvalue weighted by atomic mass is 10.0. The minimum Gasteiger partial charge on any atom is -0.327 e. The van der Waals surface area contributed by atoms with E-state index < -0.39 is 0 Å². The van der Waals surface area contributed by atoms with Gasteiger partial charge in [0, 0.05) is 36.5 Å². The molecule has 1 atom stereocenters. The lowest BCUT2D eigenvalue weighted by molar-refractivity contribution is 0.0713. The van der Waals surface area contributed by atoms with Gasteiger partial charge in [0.1, 0.15) is 5.82 Å². The van der Waals surface area contributed by atoms with Crippen molar-refractivity contribution in [1.29, 1.82) is 0 Å². The summed E-state index contributed by atoms with van der Waals surface area (Å²) in [7, 11) is 1.83. The smallest absolute Gasteiger partial charge is 0.255 e. The Labute approximate surface area is 145 Å². The molecule has 2 aromatic carbocycles. The van der Waals surface area contributed by atoms with Gasteiger partial charge in [0.15, 0.2) is 0 Å². The summed E-state index contributed by atoms with van der Waals surface area (Å²) in [5, 5.41) is 4.12. The monoisotopic (exact) mass is 335 g/mol. The molecule has 0 radical (unpaired) electrons. The Morgan fingerprint density at radius 2 is 1.96 bits per heavy atom. The number of carbonyl (C=O) groups is 1. The molecular weight excluding hydrogens is 317 g/mol. The molecule has 4 nitrogen and oxygen atoms in total. The van der Waals surface area contributed by atoms with Crippen molar-refractivity contribution in [2.24, 2.45) is 7.05 Å². The Morgan fingerprint density at radius 1 is 1.16 bits per heavy atom. The summed E-state index contributed by atoms with van der Waals surface area (Å²) in [5.74, 6) is -0.351. The van der Waals surface area contributed by atoms with Crippen LogP contribution in [0.15, 0.2) is 54.9 Å². The Hall–Kier alpha value is -2.95. The maximum Gasteiger partial charge on any atom is 0.255 e. The van der Waals surface area contributed by atoms with E-state index in [0.29, 0.717) is 17.7 Å². The van der Waals surface area contributed by atoms with Gasteiger partial charge in [-0.3, -0.25) is 9.48 Å². The molecule has 3 aromatic rings. The number of aryl methyl sites for hydroxylation is 1. The van der Waals surface area contributed by atoms with Crippen LogP contribution in [0.3, 0.4) is 0 Å². The first-order chi connectivity index (χ1) is 12.0. The molecule has 0 aliphatic carbocycles. The second-order valence-corrected chi connectivity index (χ2v) is 6.41. The van der Waals surface area contributed by atoms with Gasteiger partial charge < -0.3 is 4.90 Å². The van der Waals surface area contributed by atoms with Crippen LogP contribution in [0.25, 0.3) is 11.1 Å². The average molecular weight is 335 g/mol. The molecule has 2 heterocycles. The number of aromatic nitrogens is 2. The Kier molecular flexibility index (Phi) is 3.64. The van der Waals surface area contributed by atoms with Gasteiger partial charge in [0.25, 0.3) is 5.91 Å². The van der Waals surface area contributed by atoms with E-state index >= 15 is 0 Å². The third-order valence-electron chi connectivity index (χ3n) is 4.81. The van der Waals surface area contributed by atoms with Crippen molar-refractivity contribution in [3.63, 3.8) is 0 Å². The molecule has 0 bridgehead atoms. The summed E-state index contributed by atoms with van der Waals surface area (Å²) in [6, 6.07) is 12.4. The Bertz CT molecular complexity index is 963. The zero-order valence-electron chi connectivity index (χ0n) is 14.1. The number of hydrogen-bond donors (Lipinski definition) is 0. The van der Waals surface area contributed by atoms with E-state index in [1.807, 2.05) is 50.5 Å². The second kappa shape index (κ2) is 5.84. The summed E-state index contributed by atoms with van der Waals surface area (Å²) in [4.78, 5) is 14.3. The van der Waals surface area contributed by atoms with E-state index in [4.69, 9.17) is 0 Å². The van der Waals surface area contributed by atoms with E-state index in [1.165, 1.54) is 6.07 Å². The van der Waals surface area contributed by atoms with Gasteiger partial charge in [-0.05, 0) is 30.2 Å². The fourth-order valence-corrected chi connectivity index (χ4v) is 3.37. The predicted molar refractivity (Wildman–Crippen MR) is 93.3 cm³/mol. The normalized spacial score (nSPS) is 14.7. The fraction of sp³-hybridized carbons (Fsp3) is 0.200. The van der Waals surface area contributed by atoms with Crippen molar-refractivity contribution in [2.75, 3.05) is 0 Å². The minimum absolute atomic E-state index is 0.0427. The maximum absolute atomic E-state index is 14.7. The molecule has 0 fully saturated rings. The van der Waals surface area contributed by atoms with Crippen LogP contribution in [0.2, 0.25) is 0 Å². The molecule has 0 saturated heterocycles. The number of amides is 1. The topological polar surface area (TPSA) is 38.1 Å². The molecule has 1 aliphatic rings. The highest BCUT2D eigenvalue weighted by Crippen LogP contribution is 2.33. The average Bonchev–Trinajstić information content (AvgIpc) is 3.18. The van der Waals surface area contributed by atoms with E-state index in [0.717, 1.165) is 16.7 Å². The van der Waals surface area contributed by atoms with E-state index in [-0.39, 0.29) is 17.8 Å². The van der Waals surface area contributed by atoms with Crippen LogP contribution >= 0.6 is 0 Å². The first kappa shape index (κ1) is 15.6. The first-order valence-electron chi connectivity index (χ1n) is 8.22. The number of benzene rings is 2. The van der Waals surface area contributed by atoms with Crippen molar-refractivity contribution in [3.8, 4) is 11.1 Å². The summed E-state index contributed by atoms with van der Waals surface area (Å²) in [6.07, 6.45) is 3.55. The Balaban J connectivity index is 1.63. The molecule has 5 heteroatoms. The molecular formula is C20H18FN3O. The summed E-state index contributed by atoms with van der Waals surface area (Å²) >= 11 is 0. The van der Waals surface area contributed by atoms with Gasteiger partial charge in [-0.25, -0.2) is 4.39 Å². The van der Waals surface area contributed by atoms with Crippen LogP contribution in [0.4, 0.5) is 4.39 Å². The van der Waals surface area contributed by atoms with Gasteiger partial charge in [-0.15, -0.1) is 0 Å². The summed E-state index contributed by atoms with van der Waals surface area (Å²) < 4.78 is 16.4. The quantitative estimate of drug-likeness (QED) is 0.727. The maximum atomic E-state index is 14.7. The van der Waals surface area contributed by atoms with Crippen LogP contribution in [0, 0.1) is 5.82 Å². The molecule has 1 unspecified atom stereocenters. The molecule has 0 saturated carbocycles. The first-order valence-corrected chi connectivity index (χ1v) is 8.22. The van der Waals surface area contributed by atoms with E-state index in [2.05, 4.69) is 5.10 Å². The van der Waals surface area contributed by atoms with Gasteiger partial charge in [0.05, 0.1) is 12.2 Å². The highest BCUT2D eigenvalue weighted by Gasteiger charge is 2.32. The minimum atomic E-state index is -0.331. The van der Waals surface area contributed by atoms with Crippen LogP contribution in [0.1, 0.15) is 34.5 Å². The van der Waals surface area contributed by atoms with Gasteiger partial charge >= 0.3 is 0 Å². The molecule has 0 spiro atoms. The second-order valence-electron chi connectivity index (χ2n) is 6.41. The summed E-state index contributed by atoms with van der Waals surface area (Å²) in [6.45, 7) is 2.38. The highest BCUT2D eigenvalue weighted by molar-refractivity contribution is 5.98. The number of fused-ring (bicyclic) bond motifs is 1. The van der Waals surface area contributed by atoms with E-state index in [9.17, 15) is 9.18 Å². The van der Waals surface area contributed by atoms with Crippen LogP contribution < -0.4 is 0 Å². The van der Waals surface area contributed by atoms with E-state index in [1.54, 1.807) is 21.8 Å². The molecule has 126 valence electrons. The number of carbonyl (C=O) groups excluding carboxylic acids is 1. The molecule has 1 aromatic heterocycles. The van der Waals surface area contributed by atoms with Crippen molar-refractivity contribution in [1.82, 2.24) is 14.7 Å². The zero-order chi connectivity index (χ0) is 17.6. The molecule has 1 amide bonds. The summed E-state index contributed by atoms with van der Waals surface area (Å²) in [5.41, 5.74) is 3.87. The van der Waals surface area contributed by atoms with Crippen LogP contribution in [-0.2, 0) is 13.6 Å². The fourth-order valence-electron chi connectivity index (χ4n) is 3.37. The highest BCUT2D eigenvalue weighted by atomic mass is 19.1. The van der Waals surface area contributed by atoms with Gasteiger partial charge in [-0.2, -0.15) is 5.10 Å². The van der Waals surface area contributed by atoms with Crippen molar-refractivity contribution < 1.29 is 9.18 Å². The zero-order valence-corrected chi connectivity index (χ0v) is 14.1. The number of rotatable bonds is 3. The lowest BCUT2D eigenvalue weighted by Gasteiger charge is -2.25. The van der Waals surface area contributed by atoms with Crippen molar-refractivity contribution in [3.05, 3.63) is 77.4 Å².